The number of nitrogens with zero attached hydrogens (tertiary/aromatic N) is 4. The molecule has 3 heterocycles. The first-order valence-corrected chi connectivity index (χ1v) is 20.5. The van der Waals surface area contributed by atoms with E-state index < -0.39 is 20.0 Å². The van der Waals surface area contributed by atoms with Crippen LogP contribution in [0.3, 0.4) is 0 Å². The molecule has 1 fully saturated rings. The molecule has 1 aliphatic rings. The summed E-state index contributed by atoms with van der Waals surface area (Å²) in [6.45, 7) is 24.8. The smallest absolute Gasteiger partial charge is 0.410 e. The molecule has 1 aromatic carbocycles. The molecule has 1 aliphatic heterocycles. The topological polar surface area (TPSA) is 109 Å². The normalized spacial score (nSPS) is 15.3. The Morgan fingerprint density at radius 2 is 1.76 bits per heavy atom. The van der Waals surface area contributed by atoms with Crippen LogP contribution in [0.1, 0.15) is 83.5 Å². The van der Waals surface area contributed by atoms with Gasteiger partial charge in [-0.05, 0) is 109 Å². The molecule has 10 nitrogen and oxygen atoms in total. The fraction of sp³-hybridized carbons (Fsp3) is 0.632. The summed E-state index contributed by atoms with van der Waals surface area (Å²) < 4.78 is 30.0. The summed E-state index contributed by atoms with van der Waals surface area (Å²) >= 11 is 0. The van der Waals surface area contributed by atoms with E-state index in [1.165, 1.54) is 0 Å². The van der Waals surface area contributed by atoms with Gasteiger partial charge in [-0.25, -0.2) is 14.8 Å². The van der Waals surface area contributed by atoms with Crippen molar-refractivity contribution in [3.63, 3.8) is 0 Å². The maximum Gasteiger partial charge on any atom is 0.410 e. The lowest BCUT2D eigenvalue weighted by atomic mass is 9.92. The minimum absolute atomic E-state index is 0.0141. The Labute approximate surface area is 294 Å². The monoisotopic (exact) mass is 694 g/mol. The fourth-order valence-corrected chi connectivity index (χ4v) is 7.06. The molecule has 0 saturated carbocycles. The Morgan fingerprint density at radius 1 is 1.06 bits per heavy atom. The van der Waals surface area contributed by atoms with Crippen LogP contribution in [0.2, 0.25) is 18.1 Å². The van der Waals surface area contributed by atoms with E-state index in [0.29, 0.717) is 24.0 Å². The van der Waals surface area contributed by atoms with Crippen molar-refractivity contribution in [3.8, 4) is 28.4 Å². The second kappa shape index (κ2) is 15.7. The van der Waals surface area contributed by atoms with Crippen molar-refractivity contribution in [1.29, 1.82) is 0 Å². The van der Waals surface area contributed by atoms with Gasteiger partial charge in [-0.3, -0.25) is 0 Å². The molecule has 1 saturated heterocycles. The van der Waals surface area contributed by atoms with Crippen LogP contribution in [0.25, 0.3) is 22.6 Å². The maximum atomic E-state index is 12.9. The van der Waals surface area contributed by atoms with Gasteiger partial charge in [-0.1, -0.05) is 38.1 Å². The van der Waals surface area contributed by atoms with E-state index in [2.05, 4.69) is 45.9 Å². The minimum atomic E-state index is -2.19. The van der Waals surface area contributed by atoms with Gasteiger partial charge in [0.1, 0.15) is 23.7 Å². The third-order valence-electron chi connectivity index (χ3n) is 9.63. The fourth-order valence-electron chi connectivity index (χ4n) is 5.73. The summed E-state index contributed by atoms with van der Waals surface area (Å²) in [6.07, 6.45) is 3.33. The van der Waals surface area contributed by atoms with Crippen LogP contribution >= 0.6 is 0 Å². The summed E-state index contributed by atoms with van der Waals surface area (Å²) in [5.74, 6) is 2.67. The number of aryl methyl sites for hydroxylation is 3. The van der Waals surface area contributed by atoms with Gasteiger partial charge >= 0.3 is 6.09 Å². The van der Waals surface area contributed by atoms with Crippen molar-refractivity contribution in [2.45, 2.75) is 118 Å². The van der Waals surface area contributed by atoms with Crippen molar-refractivity contribution < 1.29 is 28.0 Å². The summed E-state index contributed by atoms with van der Waals surface area (Å²) in [5.41, 5.74) is 4.92. The lowest BCUT2D eigenvalue weighted by molar-refractivity contribution is 0.0172. The highest BCUT2D eigenvalue weighted by atomic mass is 28.4. The van der Waals surface area contributed by atoms with Crippen LogP contribution in [-0.4, -0.2) is 79.6 Å². The SMILES string of the molecule is Cc1noc(C)c1-c1nc(-c2cccc(OCC(CN(C)C(=O)OC(C)(C)C)O[Si](C)(C)C(C)(C)C)c2)nc(CCC2CCOCC2)c1C. The molecular formula is C38H58N4O6Si. The number of hydrogen-bond acceptors (Lipinski definition) is 9. The third-order valence-corrected chi connectivity index (χ3v) is 14.2. The lowest BCUT2D eigenvalue weighted by Gasteiger charge is -2.40. The maximum absolute atomic E-state index is 12.9. The summed E-state index contributed by atoms with van der Waals surface area (Å²) in [5, 5.41) is 4.20. The second-order valence-corrected chi connectivity index (χ2v) is 20.7. The quantitative estimate of drug-likeness (QED) is 0.172. The van der Waals surface area contributed by atoms with E-state index in [1.807, 2.05) is 58.9 Å². The van der Waals surface area contributed by atoms with Gasteiger partial charge in [0, 0.05) is 31.5 Å². The van der Waals surface area contributed by atoms with Gasteiger partial charge in [0.25, 0.3) is 0 Å². The Morgan fingerprint density at radius 3 is 2.37 bits per heavy atom. The van der Waals surface area contributed by atoms with Crippen LogP contribution in [-0.2, 0) is 20.3 Å². The molecule has 11 heteroatoms. The van der Waals surface area contributed by atoms with Crippen molar-refractivity contribution in [1.82, 2.24) is 20.0 Å². The predicted molar refractivity (Wildman–Crippen MR) is 195 cm³/mol. The van der Waals surface area contributed by atoms with Gasteiger partial charge in [-0.15, -0.1) is 0 Å². The predicted octanol–water partition coefficient (Wildman–Crippen LogP) is 8.72. The zero-order valence-electron chi connectivity index (χ0n) is 31.9. The third kappa shape index (κ3) is 10.4. The molecule has 3 aromatic rings. The van der Waals surface area contributed by atoms with E-state index in [4.69, 9.17) is 33.1 Å². The zero-order chi connectivity index (χ0) is 36.1. The van der Waals surface area contributed by atoms with Gasteiger partial charge in [-0.2, -0.15) is 0 Å². The highest BCUT2D eigenvalue weighted by Crippen LogP contribution is 2.38. The van der Waals surface area contributed by atoms with Crippen molar-refractivity contribution >= 4 is 14.4 Å². The minimum Gasteiger partial charge on any atom is -0.491 e. The molecule has 1 amide bonds. The number of benzene rings is 1. The van der Waals surface area contributed by atoms with Crippen LogP contribution in [0.4, 0.5) is 4.79 Å². The van der Waals surface area contributed by atoms with E-state index >= 15 is 0 Å². The van der Waals surface area contributed by atoms with E-state index in [-0.39, 0.29) is 17.7 Å². The molecule has 270 valence electrons. The summed E-state index contributed by atoms with van der Waals surface area (Å²) in [4.78, 5) is 24.7. The van der Waals surface area contributed by atoms with Gasteiger partial charge in [0.2, 0.25) is 0 Å². The number of carbonyl (C=O) groups excluding carboxylic acids is 1. The number of ether oxygens (including phenoxy) is 3. The first kappa shape index (κ1) is 38.5. The molecule has 0 bridgehead atoms. The average molecular weight is 695 g/mol. The molecule has 49 heavy (non-hydrogen) atoms. The van der Waals surface area contributed by atoms with Gasteiger partial charge in [0.15, 0.2) is 14.1 Å². The zero-order valence-corrected chi connectivity index (χ0v) is 32.9. The summed E-state index contributed by atoms with van der Waals surface area (Å²) in [6, 6.07) is 7.88. The van der Waals surface area contributed by atoms with Crippen LogP contribution in [0.15, 0.2) is 28.8 Å². The largest absolute Gasteiger partial charge is 0.491 e. The average Bonchev–Trinajstić information content (AvgIpc) is 3.35. The lowest BCUT2D eigenvalue weighted by Crippen LogP contribution is -2.49. The van der Waals surface area contributed by atoms with Gasteiger partial charge in [0.05, 0.1) is 29.6 Å². The highest BCUT2D eigenvalue weighted by molar-refractivity contribution is 6.74. The Hall–Kier alpha value is -3.28. The Kier molecular flexibility index (Phi) is 12.4. The molecule has 4 rings (SSSR count). The first-order chi connectivity index (χ1) is 22.8. The first-order valence-electron chi connectivity index (χ1n) is 17.6. The standard InChI is InChI=1S/C38H58N4O6Si/c1-25-32(17-16-28-18-20-44-21-19-28)39-35(40-34(25)33-26(2)41-47-27(33)3)29-14-13-15-30(22-29)45-24-31(48-49(11,12)38(7,8)9)23-42(10)36(43)46-37(4,5)6/h13-15,22,28,31H,16-21,23-24H2,1-12H3. The second-order valence-electron chi connectivity index (χ2n) is 16.0. The van der Waals surface area contributed by atoms with E-state index in [1.54, 1.807) is 11.9 Å². The molecule has 1 atom stereocenters. The molecular weight excluding hydrogens is 637 g/mol. The van der Waals surface area contributed by atoms with Crippen LogP contribution < -0.4 is 4.74 Å². The number of likely N-dealkylation sites (N-methyl/N-ethyl adjacent to an activating group) is 1. The van der Waals surface area contributed by atoms with Crippen molar-refractivity contribution in [3.05, 3.63) is 47.0 Å². The van der Waals surface area contributed by atoms with Crippen LogP contribution in [0.5, 0.6) is 5.75 Å². The molecule has 2 aromatic heterocycles. The van der Waals surface area contributed by atoms with E-state index in [9.17, 15) is 4.79 Å². The number of hydrogen-bond donors (Lipinski definition) is 0. The molecule has 0 N–H and O–H groups in total. The molecule has 0 aliphatic carbocycles. The van der Waals surface area contributed by atoms with Crippen LogP contribution in [0, 0.1) is 26.7 Å². The number of aromatic nitrogens is 3. The summed E-state index contributed by atoms with van der Waals surface area (Å²) in [7, 11) is -0.454. The Bertz CT molecular complexity index is 1550. The molecule has 0 spiro atoms. The molecule has 0 radical (unpaired) electrons. The number of carbonyl (C=O) groups is 1. The molecule has 1 unspecified atom stereocenters. The van der Waals surface area contributed by atoms with Crippen molar-refractivity contribution in [2.75, 3.05) is 33.4 Å². The Balaban J connectivity index is 1.61. The number of rotatable bonds is 12. The van der Waals surface area contributed by atoms with E-state index in [0.717, 1.165) is 78.4 Å². The highest BCUT2D eigenvalue weighted by Gasteiger charge is 2.40. The van der Waals surface area contributed by atoms with Gasteiger partial charge < -0.3 is 28.1 Å². The van der Waals surface area contributed by atoms with Crippen molar-refractivity contribution in [2.24, 2.45) is 5.92 Å². The number of amides is 1.